The SMILES string of the molecule is CCNC(=NCc1noc(C)n1)N1CCCC(C(=O)OCC)C1.I. The molecule has 1 aromatic heterocycles. The molecule has 0 spiro atoms. The lowest BCUT2D eigenvalue weighted by atomic mass is 9.98. The Morgan fingerprint density at radius 2 is 2.29 bits per heavy atom. The molecular weight excluding hydrogens is 425 g/mol. The number of hydrogen-bond acceptors (Lipinski definition) is 6. The van der Waals surface area contributed by atoms with Crippen molar-refractivity contribution in [3.8, 4) is 0 Å². The second kappa shape index (κ2) is 10.5. The highest BCUT2D eigenvalue weighted by Gasteiger charge is 2.28. The first-order chi connectivity index (χ1) is 11.1. The molecule has 0 saturated carbocycles. The van der Waals surface area contributed by atoms with Crippen LogP contribution in [0, 0.1) is 12.8 Å². The molecule has 8 nitrogen and oxygen atoms in total. The number of aryl methyl sites for hydroxylation is 1. The largest absolute Gasteiger partial charge is 0.466 e. The van der Waals surface area contributed by atoms with Gasteiger partial charge in [-0.05, 0) is 26.7 Å². The molecule has 1 aliphatic rings. The highest BCUT2D eigenvalue weighted by Crippen LogP contribution is 2.18. The fourth-order valence-electron chi connectivity index (χ4n) is 2.60. The Labute approximate surface area is 159 Å². The van der Waals surface area contributed by atoms with Crippen LogP contribution < -0.4 is 5.32 Å². The summed E-state index contributed by atoms with van der Waals surface area (Å²) in [7, 11) is 0. The molecule has 0 aliphatic carbocycles. The van der Waals surface area contributed by atoms with Crippen molar-refractivity contribution in [3.05, 3.63) is 11.7 Å². The van der Waals surface area contributed by atoms with Gasteiger partial charge in [0.25, 0.3) is 0 Å². The van der Waals surface area contributed by atoms with Crippen molar-refractivity contribution in [1.82, 2.24) is 20.4 Å². The highest BCUT2D eigenvalue weighted by atomic mass is 127. The zero-order valence-corrected chi connectivity index (χ0v) is 16.8. The molecule has 24 heavy (non-hydrogen) atoms. The third kappa shape index (κ3) is 5.91. The van der Waals surface area contributed by atoms with Gasteiger partial charge in [-0.25, -0.2) is 4.99 Å². The van der Waals surface area contributed by atoms with E-state index in [1.807, 2.05) is 13.8 Å². The van der Waals surface area contributed by atoms with Crippen LogP contribution in [-0.4, -0.2) is 53.2 Å². The lowest BCUT2D eigenvalue weighted by molar-refractivity contribution is -0.149. The van der Waals surface area contributed by atoms with Gasteiger partial charge in [0.05, 0.1) is 12.5 Å². The molecule has 9 heteroatoms. The van der Waals surface area contributed by atoms with E-state index < -0.39 is 0 Å². The number of halogens is 1. The number of ether oxygens (including phenoxy) is 1. The topological polar surface area (TPSA) is 92.9 Å². The fraction of sp³-hybridized carbons (Fsp3) is 0.733. The fourth-order valence-corrected chi connectivity index (χ4v) is 2.60. The van der Waals surface area contributed by atoms with Crippen LogP contribution in [0.5, 0.6) is 0 Å². The number of piperidine rings is 1. The number of aromatic nitrogens is 2. The molecule has 1 N–H and O–H groups in total. The minimum Gasteiger partial charge on any atom is -0.466 e. The summed E-state index contributed by atoms with van der Waals surface area (Å²) in [6.45, 7) is 8.60. The molecule has 1 aromatic rings. The predicted molar refractivity (Wildman–Crippen MR) is 100 cm³/mol. The number of nitrogens with zero attached hydrogens (tertiary/aromatic N) is 4. The number of hydrogen-bond donors (Lipinski definition) is 1. The average molecular weight is 451 g/mol. The van der Waals surface area contributed by atoms with Crippen molar-refractivity contribution in [2.24, 2.45) is 10.9 Å². The molecule has 2 rings (SSSR count). The molecule has 1 saturated heterocycles. The molecular formula is C15H26IN5O3. The van der Waals surface area contributed by atoms with E-state index in [-0.39, 0.29) is 35.9 Å². The molecule has 1 atom stereocenters. The van der Waals surface area contributed by atoms with Crippen LogP contribution in [0.2, 0.25) is 0 Å². The first-order valence-corrected chi connectivity index (χ1v) is 8.13. The van der Waals surface area contributed by atoms with E-state index in [1.165, 1.54) is 0 Å². The monoisotopic (exact) mass is 451 g/mol. The summed E-state index contributed by atoms with van der Waals surface area (Å²) in [4.78, 5) is 22.8. The summed E-state index contributed by atoms with van der Waals surface area (Å²) >= 11 is 0. The number of carbonyl (C=O) groups excluding carboxylic acids is 1. The third-order valence-corrected chi connectivity index (χ3v) is 3.62. The maximum atomic E-state index is 12.0. The van der Waals surface area contributed by atoms with Gasteiger partial charge >= 0.3 is 5.97 Å². The van der Waals surface area contributed by atoms with Crippen molar-refractivity contribution in [2.45, 2.75) is 40.2 Å². The van der Waals surface area contributed by atoms with Crippen LogP contribution in [0.15, 0.2) is 9.52 Å². The van der Waals surface area contributed by atoms with E-state index in [0.29, 0.717) is 31.4 Å². The molecule has 1 fully saturated rings. The van der Waals surface area contributed by atoms with Gasteiger partial charge in [-0.3, -0.25) is 4.79 Å². The minimum absolute atomic E-state index is 0. The maximum absolute atomic E-state index is 12.0. The van der Waals surface area contributed by atoms with Crippen molar-refractivity contribution in [1.29, 1.82) is 0 Å². The number of esters is 1. The molecule has 0 bridgehead atoms. The normalized spacial score (nSPS) is 18.0. The van der Waals surface area contributed by atoms with Gasteiger partial charge < -0.3 is 19.5 Å². The van der Waals surface area contributed by atoms with E-state index in [0.717, 1.165) is 31.9 Å². The van der Waals surface area contributed by atoms with Gasteiger partial charge in [-0.15, -0.1) is 24.0 Å². The number of rotatable bonds is 5. The number of guanidine groups is 1. The Bertz CT molecular complexity index is 549. The van der Waals surface area contributed by atoms with Crippen LogP contribution in [0.1, 0.15) is 38.4 Å². The minimum atomic E-state index is -0.123. The summed E-state index contributed by atoms with van der Waals surface area (Å²) in [5.74, 6) is 1.63. The molecule has 1 aliphatic heterocycles. The van der Waals surface area contributed by atoms with Crippen LogP contribution in [0.4, 0.5) is 0 Å². The Balaban J connectivity index is 0.00000288. The number of likely N-dealkylation sites (tertiary alicyclic amines) is 1. The van der Waals surface area contributed by atoms with E-state index in [1.54, 1.807) is 6.92 Å². The zero-order valence-electron chi connectivity index (χ0n) is 14.4. The summed E-state index contributed by atoms with van der Waals surface area (Å²) in [5.41, 5.74) is 0. The summed E-state index contributed by atoms with van der Waals surface area (Å²) < 4.78 is 10.1. The van der Waals surface area contributed by atoms with Crippen molar-refractivity contribution >= 4 is 35.9 Å². The molecule has 2 heterocycles. The summed E-state index contributed by atoms with van der Waals surface area (Å²) in [5, 5.41) is 7.11. The van der Waals surface area contributed by atoms with E-state index in [9.17, 15) is 4.79 Å². The van der Waals surface area contributed by atoms with Gasteiger partial charge in [0.15, 0.2) is 11.8 Å². The van der Waals surface area contributed by atoms with Crippen LogP contribution >= 0.6 is 24.0 Å². The van der Waals surface area contributed by atoms with E-state index in [4.69, 9.17) is 9.26 Å². The van der Waals surface area contributed by atoms with Gasteiger partial charge in [0.2, 0.25) is 5.89 Å². The number of aliphatic imine (C=N–C) groups is 1. The molecule has 0 aromatic carbocycles. The molecule has 0 radical (unpaired) electrons. The van der Waals surface area contributed by atoms with Gasteiger partial charge in [0, 0.05) is 26.6 Å². The van der Waals surface area contributed by atoms with Crippen molar-refractivity contribution < 1.29 is 14.1 Å². The van der Waals surface area contributed by atoms with Crippen molar-refractivity contribution in [3.63, 3.8) is 0 Å². The highest BCUT2D eigenvalue weighted by molar-refractivity contribution is 14.0. The smallest absolute Gasteiger partial charge is 0.310 e. The Kier molecular flexibility index (Phi) is 9.01. The third-order valence-electron chi connectivity index (χ3n) is 3.62. The molecule has 136 valence electrons. The second-order valence-corrected chi connectivity index (χ2v) is 5.44. The van der Waals surface area contributed by atoms with E-state index >= 15 is 0 Å². The Hall–Kier alpha value is -1.39. The standard InChI is InChI=1S/C15H25N5O3.HI/c1-4-16-15(17-9-13-18-11(3)23-19-13)20-8-6-7-12(10-20)14(21)22-5-2;/h12H,4-10H2,1-3H3,(H,16,17);1H. The van der Waals surface area contributed by atoms with Gasteiger partial charge in [-0.1, -0.05) is 5.16 Å². The van der Waals surface area contributed by atoms with Crippen LogP contribution in [-0.2, 0) is 16.1 Å². The van der Waals surface area contributed by atoms with Gasteiger partial charge in [0.1, 0.15) is 6.54 Å². The lowest BCUT2D eigenvalue weighted by Gasteiger charge is -2.33. The molecule has 0 amide bonds. The second-order valence-electron chi connectivity index (χ2n) is 5.44. The Morgan fingerprint density at radius 1 is 1.50 bits per heavy atom. The number of nitrogens with one attached hydrogen (secondary N) is 1. The van der Waals surface area contributed by atoms with Crippen molar-refractivity contribution in [2.75, 3.05) is 26.2 Å². The van der Waals surface area contributed by atoms with E-state index in [2.05, 4.69) is 25.3 Å². The average Bonchev–Trinajstić information content (AvgIpc) is 2.97. The predicted octanol–water partition coefficient (Wildman–Crippen LogP) is 1.74. The number of carbonyl (C=O) groups is 1. The van der Waals surface area contributed by atoms with Crippen LogP contribution in [0.25, 0.3) is 0 Å². The maximum Gasteiger partial charge on any atom is 0.310 e. The summed E-state index contributed by atoms with van der Waals surface area (Å²) in [6, 6.07) is 0. The zero-order chi connectivity index (χ0) is 16.7. The Morgan fingerprint density at radius 3 is 2.92 bits per heavy atom. The lowest BCUT2D eigenvalue weighted by Crippen LogP contribution is -2.48. The summed E-state index contributed by atoms with van der Waals surface area (Å²) in [6.07, 6.45) is 1.80. The molecule has 1 unspecified atom stereocenters. The quantitative estimate of drug-likeness (QED) is 0.316. The van der Waals surface area contributed by atoms with Gasteiger partial charge in [-0.2, -0.15) is 4.98 Å². The first-order valence-electron chi connectivity index (χ1n) is 8.13. The van der Waals surface area contributed by atoms with Crippen LogP contribution in [0.3, 0.4) is 0 Å². The first kappa shape index (κ1) is 20.7.